The highest BCUT2D eigenvalue weighted by molar-refractivity contribution is 6.30. The topological polar surface area (TPSA) is 32.3 Å². The van der Waals surface area contributed by atoms with Gasteiger partial charge in [0.05, 0.1) is 6.04 Å². The molecule has 0 spiro atoms. The maximum Gasteiger partial charge on any atom is 0.223 e. The summed E-state index contributed by atoms with van der Waals surface area (Å²) in [6, 6.07) is 18.2. The van der Waals surface area contributed by atoms with Crippen molar-refractivity contribution in [1.29, 1.82) is 0 Å². The molecule has 1 aliphatic rings. The summed E-state index contributed by atoms with van der Waals surface area (Å²) in [5.74, 6) is 0.301. The maximum absolute atomic E-state index is 12.5. The van der Waals surface area contributed by atoms with Gasteiger partial charge in [0.25, 0.3) is 0 Å². The smallest absolute Gasteiger partial charge is 0.223 e. The molecule has 3 rings (SSSR count). The van der Waals surface area contributed by atoms with Gasteiger partial charge >= 0.3 is 0 Å². The van der Waals surface area contributed by atoms with Crippen molar-refractivity contribution in [2.75, 3.05) is 13.1 Å². The average molecular weight is 357 g/mol. The Kier molecular flexibility index (Phi) is 6.11. The van der Waals surface area contributed by atoms with E-state index in [-0.39, 0.29) is 17.9 Å². The van der Waals surface area contributed by atoms with Gasteiger partial charge in [0.2, 0.25) is 5.91 Å². The lowest BCUT2D eigenvalue weighted by Gasteiger charge is -2.32. The first-order chi connectivity index (χ1) is 12.1. The van der Waals surface area contributed by atoms with Crippen LogP contribution in [0.2, 0.25) is 5.02 Å². The van der Waals surface area contributed by atoms with Gasteiger partial charge in [-0.25, -0.2) is 0 Å². The summed E-state index contributed by atoms with van der Waals surface area (Å²) in [6.07, 6.45) is 1.84. The molecule has 1 unspecified atom stereocenters. The number of amides is 1. The van der Waals surface area contributed by atoms with Crippen molar-refractivity contribution in [2.24, 2.45) is 5.92 Å². The molecule has 1 heterocycles. The fourth-order valence-corrected chi connectivity index (χ4v) is 3.48. The Morgan fingerprint density at radius 1 is 1.12 bits per heavy atom. The Bertz CT molecular complexity index is 679. The molecular weight excluding hydrogens is 332 g/mol. The summed E-state index contributed by atoms with van der Waals surface area (Å²) in [6.45, 7) is 4.88. The normalized spacial score (nSPS) is 17.2. The lowest BCUT2D eigenvalue weighted by Crippen LogP contribution is -2.40. The van der Waals surface area contributed by atoms with Crippen LogP contribution in [-0.4, -0.2) is 23.9 Å². The maximum atomic E-state index is 12.5. The van der Waals surface area contributed by atoms with Gasteiger partial charge in [0.15, 0.2) is 0 Å². The van der Waals surface area contributed by atoms with Gasteiger partial charge in [-0.1, -0.05) is 54.1 Å². The van der Waals surface area contributed by atoms with Crippen LogP contribution in [0.1, 0.15) is 36.9 Å². The Morgan fingerprint density at radius 2 is 1.76 bits per heavy atom. The van der Waals surface area contributed by atoms with E-state index in [9.17, 15) is 4.79 Å². The minimum Gasteiger partial charge on any atom is -0.349 e. The summed E-state index contributed by atoms with van der Waals surface area (Å²) < 4.78 is 0. The molecule has 132 valence electrons. The van der Waals surface area contributed by atoms with Gasteiger partial charge in [-0.2, -0.15) is 0 Å². The van der Waals surface area contributed by atoms with E-state index in [1.807, 2.05) is 37.3 Å². The van der Waals surface area contributed by atoms with E-state index in [0.29, 0.717) is 0 Å². The minimum absolute atomic E-state index is 0.0563. The molecule has 0 aromatic heterocycles. The largest absolute Gasteiger partial charge is 0.349 e. The summed E-state index contributed by atoms with van der Waals surface area (Å²) in [7, 11) is 0. The zero-order chi connectivity index (χ0) is 17.6. The van der Waals surface area contributed by atoms with Crippen molar-refractivity contribution in [3.8, 4) is 0 Å². The predicted molar refractivity (Wildman–Crippen MR) is 102 cm³/mol. The Balaban J connectivity index is 1.46. The highest BCUT2D eigenvalue weighted by Crippen LogP contribution is 2.21. The molecule has 1 aliphatic heterocycles. The second-order valence-electron chi connectivity index (χ2n) is 6.82. The van der Waals surface area contributed by atoms with E-state index >= 15 is 0 Å². The van der Waals surface area contributed by atoms with Crippen molar-refractivity contribution in [3.63, 3.8) is 0 Å². The predicted octanol–water partition coefficient (Wildman–Crippen LogP) is 4.43. The zero-order valence-corrected chi connectivity index (χ0v) is 15.4. The van der Waals surface area contributed by atoms with Gasteiger partial charge in [0, 0.05) is 17.5 Å². The van der Waals surface area contributed by atoms with Crippen LogP contribution >= 0.6 is 11.6 Å². The monoisotopic (exact) mass is 356 g/mol. The standard InChI is InChI=1S/C21H25ClN2O/c1-16(18-5-3-2-4-6-18)23-21(25)19-11-13-24(14-12-19)15-17-7-9-20(22)10-8-17/h2-10,16,19H,11-15H2,1H3,(H,23,25). The quantitative estimate of drug-likeness (QED) is 0.859. The third kappa shape index (κ3) is 5.07. The zero-order valence-electron chi connectivity index (χ0n) is 14.6. The molecule has 1 N–H and O–H groups in total. The Morgan fingerprint density at radius 3 is 2.40 bits per heavy atom. The second kappa shape index (κ2) is 8.50. The third-order valence-electron chi connectivity index (χ3n) is 4.94. The number of halogens is 1. The molecule has 1 amide bonds. The number of piperidine rings is 1. The van der Waals surface area contributed by atoms with Crippen LogP contribution in [0.3, 0.4) is 0 Å². The SMILES string of the molecule is CC(NC(=O)C1CCN(Cc2ccc(Cl)cc2)CC1)c1ccccc1. The number of carbonyl (C=O) groups excluding carboxylic acids is 1. The van der Waals surface area contributed by atoms with Gasteiger partial charge in [-0.15, -0.1) is 0 Å². The van der Waals surface area contributed by atoms with Crippen molar-refractivity contribution in [1.82, 2.24) is 10.2 Å². The van der Waals surface area contributed by atoms with E-state index in [2.05, 4.69) is 34.5 Å². The second-order valence-corrected chi connectivity index (χ2v) is 7.25. The summed E-state index contributed by atoms with van der Waals surface area (Å²) >= 11 is 5.94. The van der Waals surface area contributed by atoms with Crippen LogP contribution in [0.4, 0.5) is 0 Å². The molecule has 0 saturated carbocycles. The van der Waals surface area contributed by atoms with Crippen molar-refractivity contribution in [2.45, 2.75) is 32.4 Å². The first kappa shape index (κ1) is 18.0. The van der Waals surface area contributed by atoms with Crippen LogP contribution < -0.4 is 5.32 Å². The lowest BCUT2D eigenvalue weighted by atomic mass is 9.95. The Labute approximate surface area is 155 Å². The van der Waals surface area contributed by atoms with E-state index in [0.717, 1.165) is 43.1 Å². The fourth-order valence-electron chi connectivity index (χ4n) is 3.36. The molecule has 4 heteroatoms. The van der Waals surface area contributed by atoms with E-state index < -0.39 is 0 Å². The highest BCUT2D eigenvalue weighted by Gasteiger charge is 2.25. The summed E-state index contributed by atoms with van der Waals surface area (Å²) in [5.41, 5.74) is 2.42. The molecule has 2 aromatic carbocycles. The Hall–Kier alpha value is -1.84. The number of likely N-dealkylation sites (tertiary alicyclic amines) is 1. The van der Waals surface area contributed by atoms with Crippen LogP contribution in [-0.2, 0) is 11.3 Å². The van der Waals surface area contributed by atoms with Crippen molar-refractivity contribution in [3.05, 3.63) is 70.7 Å². The lowest BCUT2D eigenvalue weighted by molar-refractivity contribution is -0.127. The number of rotatable bonds is 5. The molecule has 1 saturated heterocycles. The van der Waals surface area contributed by atoms with Crippen molar-refractivity contribution < 1.29 is 4.79 Å². The highest BCUT2D eigenvalue weighted by atomic mass is 35.5. The first-order valence-electron chi connectivity index (χ1n) is 8.94. The molecule has 0 aliphatic carbocycles. The first-order valence-corrected chi connectivity index (χ1v) is 9.32. The molecule has 3 nitrogen and oxygen atoms in total. The molecule has 25 heavy (non-hydrogen) atoms. The molecule has 0 radical (unpaired) electrons. The number of nitrogens with zero attached hydrogens (tertiary/aromatic N) is 1. The molecule has 2 aromatic rings. The number of carbonyl (C=O) groups is 1. The number of benzene rings is 2. The van der Waals surface area contributed by atoms with Crippen LogP contribution in [0, 0.1) is 5.92 Å². The minimum atomic E-state index is 0.0563. The average Bonchev–Trinajstić information content (AvgIpc) is 2.65. The third-order valence-corrected chi connectivity index (χ3v) is 5.19. The van der Waals surface area contributed by atoms with Crippen molar-refractivity contribution >= 4 is 17.5 Å². The van der Waals surface area contributed by atoms with Gasteiger partial charge in [-0.3, -0.25) is 9.69 Å². The van der Waals surface area contributed by atoms with E-state index in [1.54, 1.807) is 0 Å². The summed E-state index contributed by atoms with van der Waals surface area (Å²) in [4.78, 5) is 15.0. The van der Waals surface area contributed by atoms with E-state index in [1.165, 1.54) is 5.56 Å². The number of nitrogens with one attached hydrogen (secondary N) is 1. The van der Waals surface area contributed by atoms with Gasteiger partial charge in [0.1, 0.15) is 0 Å². The summed E-state index contributed by atoms with van der Waals surface area (Å²) in [5, 5.41) is 3.93. The van der Waals surface area contributed by atoms with Gasteiger partial charge in [-0.05, 0) is 56.1 Å². The molecule has 1 fully saturated rings. The van der Waals surface area contributed by atoms with Crippen LogP contribution in [0.25, 0.3) is 0 Å². The van der Waals surface area contributed by atoms with E-state index in [4.69, 9.17) is 11.6 Å². The van der Waals surface area contributed by atoms with Crippen LogP contribution in [0.15, 0.2) is 54.6 Å². The fraction of sp³-hybridized carbons (Fsp3) is 0.381. The molecule has 1 atom stereocenters. The van der Waals surface area contributed by atoms with Crippen LogP contribution in [0.5, 0.6) is 0 Å². The molecular formula is C21H25ClN2O. The van der Waals surface area contributed by atoms with Gasteiger partial charge < -0.3 is 5.32 Å². The number of hydrogen-bond acceptors (Lipinski definition) is 2. The molecule has 0 bridgehead atoms. The number of hydrogen-bond donors (Lipinski definition) is 1.